The van der Waals surface area contributed by atoms with Gasteiger partial charge in [0, 0.05) is 17.7 Å². The highest BCUT2D eigenvalue weighted by molar-refractivity contribution is 8.18. The fourth-order valence-corrected chi connectivity index (χ4v) is 3.24. The van der Waals surface area contributed by atoms with Crippen molar-refractivity contribution in [3.8, 4) is 5.75 Å². The van der Waals surface area contributed by atoms with E-state index in [0.717, 1.165) is 4.90 Å². The molecule has 0 atom stereocenters. The van der Waals surface area contributed by atoms with Crippen molar-refractivity contribution in [1.82, 2.24) is 4.90 Å². The van der Waals surface area contributed by atoms with Gasteiger partial charge in [-0.05, 0) is 47.7 Å². The van der Waals surface area contributed by atoms with Gasteiger partial charge in [-0.3, -0.25) is 29.4 Å². The second-order valence-electron chi connectivity index (χ2n) is 5.59. The number of imide groups is 1. The fourth-order valence-electron chi connectivity index (χ4n) is 2.41. The molecule has 9 heteroatoms. The molecule has 0 saturated carbocycles. The molecule has 1 N–H and O–H groups in total. The third kappa shape index (κ3) is 4.04. The second kappa shape index (κ2) is 7.42. The summed E-state index contributed by atoms with van der Waals surface area (Å²) in [7, 11) is 0. The van der Waals surface area contributed by atoms with Crippen molar-refractivity contribution in [3.63, 3.8) is 0 Å². The highest BCUT2D eigenvalue weighted by Crippen LogP contribution is 2.32. The van der Waals surface area contributed by atoms with Crippen LogP contribution in [0, 0.1) is 10.1 Å². The third-order valence-corrected chi connectivity index (χ3v) is 4.65. The molecule has 0 aromatic heterocycles. The number of hydrogen-bond donors (Lipinski definition) is 1. The van der Waals surface area contributed by atoms with Crippen molar-refractivity contribution in [2.45, 2.75) is 0 Å². The van der Waals surface area contributed by atoms with Gasteiger partial charge in [-0.25, -0.2) is 0 Å². The van der Waals surface area contributed by atoms with Gasteiger partial charge in [0.1, 0.15) is 5.75 Å². The zero-order valence-electron chi connectivity index (χ0n) is 13.7. The average molecular weight is 384 g/mol. The molecule has 0 unspecified atom stereocenters. The van der Waals surface area contributed by atoms with Crippen LogP contribution in [0.1, 0.15) is 15.9 Å². The first-order valence-corrected chi connectivity index (χ1v) is 8.49. The first-order valence-electron chi connectivity index (χ1n) is 7.67. The smallest absolute Gasteiger partial charge is 0.293 e. The number of carbonyl (C=O) groups excluding carboxylic acids is 3. The highest BCUT2D eigenvalue weighted by atomic mass is 32.2. The molecule has 1 aliphatic rings. The summed E-state index contributed by atoms with van der Waals surface area (Å²) in [6, 6.07) is 11.1. The lowest BCUT2D eigenvalue weighted by Gasteiger charge is -2.11. The van der Waals surface area contributed by atoms with Crippen LogP contribution in [0.15, 0.2) is 53.4 Å². The predicted molar refractivity (Wildman–Crippen MR) is 98.2 cm³/mol. The van der Waals surface area contributed by atoms with Gasteiger partial charge in [0.2, 0.25) is 0 Å². The molecule has 3 rings (SSSR count). The topological polar surface area (TPSA) is 118 Å². The van der Waals surface area contributed by atoms with Crippen molar-refractivity contribution in [1.29, 1.82) is 0 Å². The van der Waals surface area contributed by atoms with E-state index >= 15 is 0 Å². The van der Waals surface area contributed by atoms with E-state index < -0.39 is 28.4 Å². The molecular weight excluding hydrogens is 372 g/mol. The van der Waals surface area contributed by atoms with E-state index in [9.17, 15) is 29.6 Å². The molecule has 1 saturated heterocycles. The molecular formula is C18H12N2O6S. The van der Waals surface area contributed by atoms with Gasteiger partial charge in [0.25, 0.3) is 16.8 Å². The molecule has 136 valence electrons. The molecule has 27 heavy (non-hydrogen) atoms. The van der Waals surface area contributed by atoms with E-state index in [1.807, 2.05) is 0 Å². The number of ketones is 1. The van der Waals surface area contributed by atoms with Crippen molar-refractivity contribution in [2.24, 2.45) is 0 Å². The number of amides is 2. The minimum absolute atomic E-state index is 0.0244. The van der Waals surface area contributed by atoms with Gasteiger partial charge >= 0.3 is 0 Å². The van der Waals surface area contributed by atoms with Crippen LogP contribution >= 0.6 is 11.8 Å². The van der Waals surface area contributed by atoms with E-state index in [1.54, 1.807) is 12.1 Å². The maximum absolute atomic E-state index is 12.4. The Balaban J connectivity index is 1.75. The third-order valence-electron chi connectivity index (χ3n) is 3.74. The Morgan fingerprint density at radius 3 is 2.52 bits per heavy atom. The average Bonchev–Trinajstić information content (AvgIpc) is 2.89. The number of nitrogens with zero attached hydrogens (tertiary/aromatic N) is 2. The molecule has 1 heterocycles. The van der Waals surface area contributed by atoms with Gasteiger partial charge in [0.05, 0.1) is 16.4 Å². The minimum Gasteiger partial charge on any atom is -0.508 e. The lowest BCUT2D eigenvalue weighted by molar-refractivity contribution is -0.384. The fraction of sp³-hybridized carbons (Fsp3) is 0.0556. The Morgan fingerprint density at radius 1 is 1.19 bits per heavy atom. The molecule has 2 aromatic carbocycles. The lowest BCUT2D eigenvalue weighted by atomic mass is 10.1. The van der Waals surface area contributed by atoms with Crippen molar-refractivity contribution in [3.05, 3.63) is 74.7 Å². The second-order valence-corrected chi connectivity index (χ2v) is 6.58. The number of hydrogen-bond acceptors (Lipinski definition) is 7. The van der Waals surface area contributed by atoms with Crippen LogP contribution in [0.2, 0.25) is 0 Å². The van der Waals surface area contributed by atoms with Gasteiger partial charge < -0.3 is 5.11 Å². The van der Waals surface area contributed by atoms with Crippen LogP contribution in [-0.2, 0) is 4.79 Å². The minimum atomic E-state index is -0.608. The summed E-state index contributed by atoms with van der Waals surface area (Å²) in [5, 5.41) is 19.5. The van der Waals surface area contributed by atoms with E-state index in [4.69, 9.17) is 0 Å². The van der Waals surface area contributed by atoms with E-state index in [1.165, 1.54) is 42.5 Å². The van der Waals surface area contributed by atoms with E-state index in [0.29, 0.717) is 17.3 Å². The molecule has 2 amide bonds. The number of nitro groups is 1. The van der Waals surface area contributed by atoms with E-state index in [2.05, 4.69) is 0 Å². The monoisotopic (exact) mass is 384 g/mol. The van der Waals surface area contributed by atoms with Crippen LogP contribution in [0.3, 0.4) is 0 Å². The first-order chi connectivity index (χ1) is 12.8. The molecule has 2 aromatic rings. The number of non-ortho nitro benzene ring substituents is 1. The molecule has 1 aliphatic heterocycles. The van der Waals surface area contributed by atoms with Gasteiger partial charge in [-0.2, -0.15) is 0 Å². The number of rotatable bonds is 5. The van der Waals surface area contributed by atoms with Crippen molar-refractivity contribution < 1.29 is 24.4 Å². The lowest BCUT2D eigenvalue weighted by Crippen LogP contribution is -2.33. The number of thioether (sulfide) groups is 1. The summed E-state index contributed by atoms with van der Waals surface area (Å²) in [4.78, 5) is 47.9. The van der Waals surface area contributed by atoms with Crippen LogP contribution in [0.25, 0.3) is 6.08 Å². The van der Waals surface area contributed by atoms with Gasteiger partial charge in [0.15, 0.2) is 5.78 Å². The van der Waals surface area contributed by atoms with Crippen LogP contribution < -0.4 is 0 Å². The Morgan fingerprint density at radius 2 is 1.89 bits per heavy atom. The Bertz CT molecular complexity index is 984. The number of benzene rings is 2. The predicted octanol–water partition coefficient (Wildman–Crippen LogP) is 3.22. The van der Waals surface area contributed by atoms with Crippen molar-refractivity contribution >= 4 is 40.5 Å². The number of nitro benzene ring substituents is 1. The Hall–Kier alpha value is -3.46. The zero-order chi connectivity index (χ0) is 19.6. The number of aromatic hydroxyl groups is 1. The molecule has 0 radical (unpaired) electrons. The number of Topliss-reactive ketones (excluding diaryl/α,β-unsaturated/α-hetero) is 1. The summed E-state index contributed by atoms with van der Waals surface area (Å²) in [5.41, 5.74) is 0.547. The normalized spacial score (nSPS) is 15.4. The van der Waals surface area contributed by atoms with Crippen LogP contribution in [0.5, 0.6) is 5.75 Å². The quantitative estimate of drug-likeness (QED) is 0.364. The molecule has 0 bridgehead atoms. The zero-order valence-corrected chi connectivity index (χ0v) is 14.5. The maximum atomic E-state index is 12.4. The molecule has 8 nitrogen and oxygen atoms in total. The summed E-state index contributed by atoms with van der Waals surface area (Å²) in [6.07, 6.45) is 1.46. The Kier molecular flexibility index (Phi) is 5.04. The highest BCUT2D eigenvalue weighted by Gasteiger charge is 2.36. The largest absolute Gasteiger partial charge is 0.508 e. The van der Waals surface area contributed by atoms with Crippen LogP contribution in [-0.4, -0.2) is 38.4 Å². The SMILES string of the molecule is O=C(CN1C(=O)S/C(=C/c2cccc(O)c2)C1=O)c1ccc([N+](=O)[O-])cc1. The summed E-state index contributed by atoms with van der Waals surface area (Å²) >= 11 is 0.701. The standard InChI is InChI=1S/C18H12N2O6S/c21-14-3-1-2-11(8-14)9-16-17(23)19(18(24)27-16)10-15(22)12-4-6-13(7-5-12)20(25)26/h1-9,21H,10H2/b16-9+. The van der Waals surface area contributed by atoms with Gasteiger partial charge in [-0.15, -0.1) is 0 Å². The van der Waals surface area contributed by atoms with Crippen LogP contribution in [0.4, 0.5) is 10.5 Å². The maximum Gasteiger partial charge on any atom is 0.293 e. The van der Waals surface area contributed by atoms with Crippen molar-refractivity contribution in [2.75, 3.05) is 6.54 Å². The molecule has 1 fully saturated rings. The Labute approximate surface area is 157 Å². The molecule has 0 spiro atoms. The summed E-state index contributed by atoms with van der Waals surface area (Å²) in [6.45, 7) is -0.458. The number of phenols is 1. The number of carbonyl (C=O) groups is 3. The number of phenolic OH excluding ortho intramolecular Hbond substituents is 1. The summed E-state index contributed by atoms with van der Waals surface area (Å²) in [5.74, 6) is -1.09. The summed E-state index contributed by atoms with van der Waals surface area (Å²) < 4.78 is 0. The molecule has 0 aliphatic carbocycles. The first kappa shape index (κ1) is 18.3. The van der Waals surface area contributed by atoms with E-state index in [-0.39, 0.29) is 21.9 Å². The van der Waals surface area contributed by atoms with Gasteiger partial charge in [-0.1, -0.05) is 12.1 Å².